The molecule has 1 fully saturated rings. The average molecular weight is 446 g/mol. The largest absolute Gasteiger partial charge is 0.465 e. The van der Waals surface area contributed by atoms with Gasteiger partial charge in [-0.25, -0.2) is 13.2 Å². The number of rotatable bonds is 6. The number of primary amides is 1. The molecule has 2 heterocycles. The number of piperidine rings is 1. The van der Waals surface area contributed by atoms with Gasteiger partial charge in [-0.05, 0) is 37.1 Å². The fourth-order valence-electron chi connectivity index (χ4n) is 3.56. The van der Waals surface area contributed by atoms with Gasteiger partial charge >= 0.3 is 6.09 Å². The smallest absolute Gasteiger partial charge is 0.407 e. The predicted molar refractivity (Wildman–Crippen MR) is 111 cm³/mol. The summed E-state index contributed by atoms with van der Waals surface area (Å²) >= 11 is 0. The summed E-state index contributed by atoms with van der Waals surface area (Å²) in [5.41, 5.74) is 5.33. The van der Waals surface area contributed by atoms with Crippen molar-refractivity contribution in [2.45, 2.75) is 29.7 Å². The Bertz CT molecular complexity index is 1140. The second-order valence-electron chi connectivity index (χ2n) is 7.45. The number of sulfone groups is 1. The Morgan fingerprint density at radius 1 is 1.29 bits per heavy atom. The number of nitrogens with one attached hydrogen (secondary N) is 1. The SMILES string of the molecule is CS(=O)(=O)c1ccc(Nc2nn(C3(CC#N)CCN(C(=O)O)CC3)cc2C(N)=O)cc1. The minimum atomic E-state index is -3.35. The number of carbonyl (C=O) groups excluding carboxylic acids is 1. The van der Waals surface area contributed by atoms with E-state index in [9.17, 15) is 28.4 Å². The third-order valence-electron chi connectivity index (χ3n) is 5.38. The van der Waals surface area contributed by atoms with Crippen LogP contribution in [0, 0.1) is 11.3 Å². The molecule has 0 spiro atoms. The van der Waals surface area contributed by atoms with Crippen LogP contribution in [0.2, 0.25) is 0 Å². The standard InChI is InChI=1S/C19H22N6O5S/c1-31(29,30)14-4-2-13(3-5-14)22-17-15(16(21)26)12-25(23-17)19(6-9-20)7-10-24(11-8-19)18(27)28/h2-5,12H,6-8,10-11H2,1H3,(H2,21,26)(H,22,23)(H,27,28). The van der Waals surface area contributed by atoms with E-state index < -0.39 is 27.4 Å². The van der Waals surface area contributed by atoms with Crippen LogP contribution >= 0.6 is 0 Å². The zero-order valence-electron chi connectivity index (χ0n) is 16.8. The van der Waals surface area contributed by atoms with E-state index in [0.717, 1.165) is 6.26 Å². The van der Waals surface area contributed by atoms with E-state index >= 15 is 0 Å². The van der Waals surface area contributed by atoms with Gasteiger partial charge in [-0.1, -0.05) is 0 Å². The number of likely N-dealkylation sites (tertiary alicyclic amines) is 1. The molecule has 11 nitrogen and oxygen atoms in total. The maximum absolute atomic E-state index is 12.0. The molecule has 1 saturated heterocycles. The number of aromatic nitrogens is 2. The van der Waals surface area contributed by atoms with E-state index in [1.54, 1.807) is 0 Å². The molecule has 2 amide bonds. The lowest BCUT2D eigenvalue weighted by molar-refractivity contribution is 0.0888. The number of anilines is 2. The number of benzene rings is 1. The zero-order chi connectivity index (χ0) is 22.8. The molecule has 1 aliphatic heterocycles. The topological polar surface area (TPSA) is 171 Å². The number of carbonyl (C=O) groups is 2. The molecule has 2 aromatic rings. The van der Waals surface area contributed by atoms with Gasteiger partial charge in [-0.2, -0.15) is 10.4 Å². The second-order valence-corrected chi connectivity index (χ2v) is 9.47. The minimum Gasteiger partial charge on any atom is -0.465 e. The van der Waals surface area contributed by atoms with E-state index in [2.05, 4.69) is 16.5 Å². The van der Waals surface area contributed by atoms with E-state index in [-0.39, 0.29) is 35.8 Å². The molecule has 0 bridgehead atoms. The molecule has 12 heteroatoms. The fourth-order valence-corrected chi connectivity index (χ4v) is 4.19. The van der Waals surface area contributed by atoms with Gasteiger partial charge in [0, 0.05) is 31.2 Å². The monoisotopic (exact) mass is 446 g/mol. The van der Waals surface area contributed by atoms with Crippen molar-refractivity contribution < 1.29 is 23.1 Å². The van der Waals surface area contributed by atoms with Gasteiger partial charge < -0.3 is 21.1 Å². The van der Waals surface area contributed by atoms with E-state index in [1.807, 2.05) is 0 Å². The molecule has 4 N–H and O–H groups in total. The molecule has 0 saturated carbocycles. The Labute approximate surface area is 179 Å². The number of hydrogen-bond acceptors (Lipinski definition) is 7. The van der Waals surface area contributed by atoms with Crippen molar-refractivity contribution in [3.05, 3.63) is 36.0 Å². The van der Waals surface area contributed by atoms with Crippen molar-refractivity contribution >= 4 is 33.3 Å². The summed E-state index contributed by atoms with van der Waals surface area (Å²) in [6.07, 6.45) is 2.34. The molecule has 31 heavy (non-hydrogen) atoms. The Morgan fingerprint density at radius 2 is 1.90 bits per heavy atom. The fraction of sp³-hybridized carbons (Fsp3) is 0.368. The molecule has 3 rings (SSSR count). The van der Waals surface area contributed by atoms with E-state index in [1.165, 1.54) is 40.0 Å². The van der Waals surface area contributed by atoms with Crippen LogP contribution in [0.15, 0.2) is 35.4 Å². The highest BCUT2D eigenvalue weighted by Crippen LogP contribution is 2.35. The van der Waals surface area contributed by atoms with Crippen LogP contribution in [-0.4, -0.2) is 59.6 Å². The van der Waals surface area contributed by atoms with Gasteiger partial charge in [0.25, 0.3) is 5.91 Å². The van der Waals surface area contributed by atoms with Gasteiger partial charge in [0.05, 0.1) is 22.9 Å². The highest BCUT2D eigenvalue weighted by atomic mass is 32.2. The summed E-state index contributed by atoms with van der Waals surface area (Å²) in [6, 6.07) is 8.06. The molecule has 164 valence electrons. The lowest BCUT2D eigenvalue weighted by Crippen LogP contribution is -2.47. The third kappa shape index (κ3) is 4.61. The third-order valence-corrected chi connectivity index (χ3v) is 6.51. The maximum atomic E-state index is 12.0. The van der Waals surface area contributed by atoms with Crippen LogP contribution in [0.3, 0.4) is 0 Å². The first-order valence-corrected chi connectivity index (χ1v) is 11.3. The Hall–Kier alpha value is -3.59. The van der Waals surface area contributed by atoms with Crippen LogP contribution in [0.4, 0.5) is 16.3 Å². The van der Waals surface area contributed by atoms with Crippen molar-refractivity contribution in [1.29, 1.82) is 5.26 Å². The lowest BCUT2D eigenvalue weighted by atomic mass is 9.85. The first kappa shape index (κ1) is 22.1. The predicted octanol–water partition coefficient (Wildman–Crippen LogP) is 1.51. The molecule has 0 aliphatic carbocycles. The summed E-state index contributed by atoms with van der Waals surface area (Å²) in [7, 11) is -3.35. The summed E-state index contributed by atoms with van der Waals surface area (Å²) in [5.74, 6) is -0.561. The van der Waals surface area contributed by atoms with Crippen molar-refractivity contribution in [2.24, 2.45) is 5.73 Å². The Balaban J connectivity index is 1.93. The summed E-state index contributed by atoms with van der Waals surface area (Å²) in [6.45, 7) is 0.469. The number of hydrogen-bond donors (Lipinski definition) is 3. The first-order chi connectivity index (χ1) is 14.6. The number of nitrogens with zero attached hydrogens (tertiary/aromatic N) is 4. The van der Waals surface area contributed by atoms with Crippen molar-refractivity contribution in [1.82, 2.24) is 14.7 Å². The van der Waals surface area contributed by atoms with Crippen molar-refractivity contribution in [3.63, 3.8) is 0 Å². The second kappa shape index (κ2) is 8.27. The normalized spacial score (nSPS) is 15.8. The molecule has 1 aliphatic rings. The van der Waals surface area contributed by atoms with Crippen molar-refractivity contribution in [3.8, 4) is 6.07 Å². The van der Waals surface area contributed by atoms with Crippen LogP contribution in [-0.2, 0) is 15.4 Å². The number of nitrogens with two attached hydrogens (primary N) is 1. The summed E-state index contributed by atoms with van der Waals surface area (Å²) < 4.78 is 24.8. The van der Waals surface area contributed by atoms with Crippen LogP contribution in [0.1, 0.15) is 29.6 Å². The Kier molecular flexibility index (Phi) is 5.90. The first-order valence-electron chi connectivity index (χ1n) is 9.38. The zero-order valence-corrected chi connectivity index (χ0v) is 17.6. The molecule has 0 atom stereocenters. The molecule has 1 aromatic carbocycles. The molecule has 0 radical (unpaired) electrons. The minimum absolute atomic E-state index is 0.0861. The van der Waals surface area contributed by atoms with Crippen molar-refractivity contribution in [2.75, 3.05) is 24.7 Å². The van der Waals surface area contributed by atoms with Gasteiger partial charge in [-0.3, -0.25) is 9.48 Å². The van der Waals surface area contributed by atoms with Gasteiger partial charge in [-0.15, -0.1) is 0 Å². The van der Waals surface area contributed by atoms with Crippen LogP contribution in [0.25, 0.3) is 0 Å². The highest BCUT2D eigenvalue weighted by molar-refractivity contribution is 7.90. The van der Waals surface area contributed by atoms with Crippen LogP contribution < -0.4 is 11.1 Å². The summed E-state index contributed by atoms with van der Waals surface area (Å²) in [5, 5.41) is 26.0. The summed E-state index contributed by atoms with van der Waals surface area (Å²) in [4.78, 5) is 24.6. The van der Waals surface area contributed by atoms with Gasteiger partial charge in [0.15, 0.2) is 15.7 Å². The quantitative estimate of drug-likeness (QED) is 0.599. The molecular weight excluding hydrogens is 424 g/mol. The number of nitriles is 1. The number of amides is 2. The van der Waals surface area contributed by atoms with Gasteiger partial charge in [0.1, 0.15) is 5.56 Å². The van der Waals surface area contributed by atoms with Crippen LogP contribution in [0.5, 0.6) is 0 Å². The number of carboxylic acid groups (broad SMARTS) is 1. The molecule has 0 unspecified atom stereocenters. The van der Waals surface area contributed by atoms with E-state index in [4.69, 9.17) is 5.73 Å². The average Bonchev–Trinajstić information content (AvgIpc) is 3.13. The lowest BCUT2D eigenvalue weighted by Gasteiger charge is -2.39. The van der Waals surface area contributed by atoms with Gasteiger partial charge in [0.2, 0.25) is 0 Å². The highest BCUT2D eigenvalue weighted by Gasteiger charge is 2.39. The Morgan fingerprint density at radius 3 is 2.39 bits per heavy atom. The van der Waals surface area contributed by atoms with E-state index in [0.29, 0.717) is 18.5 Å². The molecular formula is C19H22N6O5S. The molecule has 1 aromatic heterocycles. The maximum Gasteiger partial charge on any atom is 0.407 e.